The molecule has 0 amide bonds. The Morgan fingerprint density at radius 1 is 1.37 bits per heavy atom. The van der Waals surface area contributed by atoms with E-state index in [1.165, 1.54) is 13.0 Å². The van der Waals surface area contributed by atoms with E-state index < -0.39 is 4.92 Å². The van der Waals surface area contributed by atoms with Gasteiger partial charge in [0.15, 0.2) is 5.78 Å². The normalized spacial score (nSPS) is 10.2. The maximum absolute atomic E-state index is 11.3. The maximum atomic E-state index is 11.3. The second-order valence-corrected chi connectivity index (χ2v) is 4.98. The number of ketones is 1. The fourth-order valence-electron chi connectivity index (χ4n) is 1.51. The molecule has 1 aromatic carbocycles. The summed E-state index contributed by atoms with van der Waals surface area (Å²) < 4.78 is 5.56. The van der Waals surface area contributed by atoms with Crippen LogP contribution in [0.5, 0.6) is 10.8 Å². The number of nitro groups is 1. The number of hydrogen-bond donors (Lipinski definition) is 0. The predicted octanol–water partition coefficient (Wildman–Crippen LogP) is 3.96. The third kappa shape index (κ3) is 2.79. The first-order valence-corrected chi connectivity index (χ1v) is 6.33. The maximum Gasteiger partial charge on any atom is 0.323 e. The van der Waals surface area contributed by atoms with Gasteiger partial charge >= 0.3 is 5.69 Å². The zero-order chi connectivity index (χ0) is 14.0. The highest BCUT2D eigenvalue weighted by Gasteiger charge is 2.23. The van der Waals surface area contributed by atoms with Gasteiger partial charge in [-0.25, -0.2) is 0 Å². The van der Waals surface area contributed by atoms with Crippen molar-refractivity contribution in [2.24, 2.45) is 0 Å². The molecule has 98 valence electrons. The molecule has 0 bridgehead atoms. The van der Waals surface area contributed by atoms with Crippen molar-refractivity contribution in [3.8, 4) is 10.8 Å². The Labute approximate surface area is 113 Å². The molecule has 0 aliphatic carbocycles. The number of Topliss-reactive ketones (excluding diaryl/α,β-unsaturated/α-hetero) is 1. The molecule has 6 heteroatoms. The Morgan fingerprint density at radius 3 is 2.63 bits per heavy atom. The molecule has 0 fully saturated rings. The average molecular weight is 277 g/mol. The minimum Gasteiger partial charge on any atom is -0.440 e. The van der Waals surface area contributed by atoms with Crippen LogP contribution < -0.4 is 4.74 Å². The lowest BCUT2D eigenvalue weighted by Crippen LogP contribution is -1.90. The smallest absolute Gasteiger partial charge is 0.323 e. The van der Waals surface area contributed by atoms with E-state index in [1.54, 1.807) is 12.1 Å². The van der Waals surface area contributed by atoms with E-state index in [0.717, 1.165) is 16.9 Å². The summed E-state index contributed by atoms with van der Waals surface area (Å²) in [6, 6.07) is 8.47. The lowest BCUT2D eigenvalue weighted by atomic mass is 10.2. The molecule has 5 nitrogen and oxygen atoms in total. The topological polar surface area (TPSA) is 69.4 Å². The summed E-state index contributed by atoms with van der Waals surface area (Å²) >= 11 is 0.986. The summed E-state index contributed by atoms with van der Waals surface area (Å²) in [4.78, 5) is 22.0. The van der Waals surface area contributed by atoms with Crippen molar-refractivity contribution in [3.05, 3.63) is 50.9 Å². The third-order valence-electron chi connectivity index (χ3n) is 2.52. The number of rotatable bonds is 4. The quantitative estimate of drug-likeness (QED) is 0.482. The van der Waals surface area contributed by atoms with Gasteiger partial charge in [0.1, 0.15) is 5.75 Å². The van der Waals surface area contributed by atoms with Crippen LogP contribution in [-0.4, -0.2) is 10.7 Å². The van der Waals surface area contributed by atoms with Gasteiger partial charge in [-0.3, -0.25) is 14.9 Å². The van der Waals surface area contributed by atoms with E-state index in [1.807, 2.05) is 19.1 Å². The van der Waals surface area contributed by atoms with Crippen molar-refractivity contribution in [3.63, 3.8) is 0 Å². The van der Waals surface area contributed by atoms with E-state index in [9.17, 15) is 14.9 Å². The Bertz CT molecular complexity index is 648. The lowest BCUT2D eigenvalue weighted by Gasteiger charge is -2.05. The predicted molar refractivity (Wildman–Crippen MR) is 72.2 cm³/mol. The number of aryl methyl sites for hydroxylation is 1. The Balaban J connectivity index is 2.42. The molecule has 0 saturated heterocycles. The van der Waals surface area contributed by atoms with Crippen LogP contribution in [-0.2, 0) is 0 Å². The number of para-hydroxylation sites is 1. The molecule has 0 unspecified atom stereocenters. The number of nitrogens with zero attached hydrogens (tertiary/aromatic N) is 1. The zero-order valence-corrected chi connectivity index (χ0v) is 11.2. The molecular weight excluding hydrogens is 266 g/mol. The van der Waals surface area contributed by atoms with Gasteiger partial charge < -0.3 is 4.74 Å². The van der Waals surface area contributed by atoms with Crippen LogP contribution in [0.3, 0.4) is 0 Å². The van der Waals surface area contributed by atoms with Gasteiger partial charge in [0.25, 0.3) is 5.06 Å². The van der Waals surface area contributed by atoms with Gasteiger partial charge in [0.2, 0.25) is 0 Å². The molecule has 2 aromatic rings. The van der Waals surface area contributed by atoms with Crippen molar-refractivity contribution in [1.82, 2.24) is 0 Å². The molecule has 2 rings (SSSR count). The molecule has 0 spiro atoms. The summed E-state index contributed by atoms with van der Waals surface area (Å²) in [6.07, 6.45) is 0. The number of carbonyl (C=O) groups is 1. The molecule has 0 N–H and O–H groups in total. The standard InChI is InChI=1S/C13H11NO4S/c1-8-5-3-4-6-11(8)18-13-10(14(16)17)7-12(19-13)9(2)15/h3-7H,1-2H3. The summed E-state index contributed by atoms with van der Waals surface area (Å²) in [5.74, 6) is 0.329. The summed E-state index contributed by atoms with van der Waals surface area (Å²) in [7, 11) is 0. The minimum absolute atomic E-state index is 0.129. The molecule has 0 atom stereocenters. The number of benzene rings is 1. The van der Waals surface area contributed by atoms with Gasteiger partial charge in [0.05, 0.1) is 9.80 Å². The largest absolute Gasteiger partial charge is 0.440 e. The SMILES string of the molecule is CC(=O)c1cc([N+](=O)[O-])c(Oc2ccccc2C)s1. The van der Waals surface area contributed by atoms with E-state index in [-0.39, 0.29) is 16.5 Å². The first-order chi connectivity index (χ1) is 8.99. The molecule has 0 radical (unpaired) electrons. The van der Waals surface area contributed by atoms with Crippen molar-refractivity contribution in [2.45, 2.75) is 13.8 Å². The average Bonchev–Trinajstić information content (AvgIpc) is 2.76. The second kappa shape index (κ2) is 5.19. The van der Waals surface area contributed by atoms with Crippen molar-refractivity contribution in [2.75, 3.05) is 0 Å². The summed E-state index contributed by atoms with van der Waals surface area (Å²) in [5.41, 5.74) is 0.688. The van der Waals surface area contributed by atoms with Gasteiger partial charge in [-0.05, 0) is 25.5 Å². The van der Waals surface area contributed by atoms with Crippen molar-refractivity contribution in [1.29, 1.82) is 0 Å². The third-order valence-corrected chi connectivity index (χ3v) is 3.62. The van der Waals surface area contributed by atoms with E-state index >= 15 is 0 Å². The summed E-state index contributed by atoms with van der Waals surface area (Å²) in [6.45, 7) is 3.22. The van der Waals surface area contributed by atoms with Gasteiger partial charge in [-0.15, -0.1) is 0 Å². The highest BCUT2D eigenvalue weighted by Crippen LogP contribution is 2.40. The Morgan fingerprint density at radius 2 is 2.05 bits per heavy atom. The van der Waals surface area contributed by atoms with Crippen LogP contribution in [0.15, 0.2) is 30.3 Å². The number of hydrogen-bond acceptors (Lipinski definition) is 5. The number of ether oxygens (including phenoxy) is 1. The van der Waals surface area contributed by atoms with Crippen LogP contribution in [0.2, 0.25) is 0 Å². The fourth-order valence-corrected chi connectivity index (χ4v) is 2.39. The van der Waals surface area contributed by atoms with Gasteiger partial charge in [0, 0.05) is 6.07 Å². The molecule has 0 saturated carbocycles. The van der Waals surface area contributed by atoms with E-state index in [2.05, 4.69) is 0 Å². The summed E-state index contributed by atoms with van der Waals surface area (Å²) in [5, 5.41) is 11.1. The fraction of sp³-hybridized carbons (Fsp3) is 0.154. The van der Waals surface area contributed by atoms with Crippen molar-refractivity contribution >= 4 is 22.8 Å². The molecule has 1 aromatic heterocycles. The molecule has 1 heterocycles. The highest BCUT2D eigenvalue weighted by atomic mass is 32.1. The lowest BCUT2D eigenvalue weighted by molar-refractivity contribution is -0.385. The molecule has 0 aliphatic rings. The van der Waals surface area contributed by atoms with Crippen LogP contribution >= 0.6 is 11.3 Å². The van der Waals surface area contributed by atoms with Crippen LogP contribution in [0.1, 0.15) is 22.2 Å². The Hall–Kier alpha value is -2.21. The monoisotopic (exact) mass is 277 g/mol. The number of thiophene rings is 1. The molecule has 0 aliphatic heterocycles. The molecule has 19 heavy (non-hydrogen) atoms. The van der Waals surface area contributed by atoms with Crippen LogP contribution in [0.4, 0.5) is 5.69 Å². The molecular formula is C13H11NO4S. The first kappa shape index (κ1) is 13.2. The first-order valence-electron chi connectivity index (χ1n) is 5.51. The highest BCUT2D eigenvalue weighted by molar-refractivity contribution is 7.16. The van der Waals surface area contributed by atoms with Gasteiger partial charge in [-0.2, -0.15) is 0 Å². The Kier molecular flexibility index (Phi) is 3.62. The van der Waals surface area contributed by atoms with Crippen LogP contribution in [0.25, 0.3) is 0 Å². The minimum atomic E-state index is -0.545. The van der Waals surface area contributed by atoms with Gasteiger partial charge in [-0.1, -0.05) is 29.5 Å². The second-order valence-electron chi connectivity index (χ2n) is 3.96. The van der Waals surface area contributed by atoms with E-state index in [4.69, 9.17) is 4.74 Å². The number of carbonyl (C=O) groups excluding carboxylic acids is 1. The zero-order valence-electron chi connectivity index (χ0n) is 10.4. The van der Waals surface area contributed by atoms with Crippen LogP contribution in [0, 0.1) is 17.0 Å². The van der Waals surface area contributed by atoms with E-state index in [0.29, 0.717) is 10.6 Å². The van der Waals surface area contributed by atoms with Crippen molar-refractivity contribution < 1.29 is 14.5 Å².